The molecule has 25 heavy (non-hydrogen) atoms. The van der Waals surface area contributed by atoms with E-state index in [4.69, 9.17) is 9.47 Å². The number of aliphatic hydroxyl groups excluding tert-OH is 1. The fourth-order valence-electron chi connectivity index (χ4n) is 2.99. The Balaban J connectivity index is 1.98. The number of ether oxygens (including phenoxy) is 2. The summed E-state index contributed by atoms with van der Waals surface area (Å²) in [7, 11) is 3.30. The average Bonchev–Trinajstić information content (AvgIpc) is 2.66. The summed E-state index contributed by atoms with van der Waals surface area (Å²) >= 11 is 0. The molecular formula is C21H29NO3. The van der Waals surface area contributed by atoms with Gasteiger partial charge in [-0.05, 0) is 36.1 Å². The van der Waals surface area contributed by atoms with Crippen LogP contribution in [0.5, 0.6) is 11.5 Å². The van der Waals surface area contributed by atoms with Gasteiger partial charge in [0.25, 0.3) is 0 Å². The lowest BCUT2D eigenvalue weighted by Crippen LogP contribution is -2.34. The first kappa shape index (κ1) is 19.3. The second-order valence-corrected chi connectivity index (χ2v) is 6.21. The van der Waals surface area contributed by atoms with Crippen molar-refractivity contribution in [1.82, 2.24) is 5.32 Å². The largest absolute Gasteiger partial charge is 0.493 e. The van der Waals surface area contributed by atoms with Crippen LogP contribution in [0.4, 0.5) is 0 Å². The zero-order valence-corrected chi connectivity index (χ0v) is 15.4. The first-order valence-corrected chi connectivity index (χ1v) is 8.85. The molecule has 136 valence electrons. The monoisotopic (exact) mass is 343 g/mol. The van der Waals surface area contributed by atoms with Gasteiger partial charge in [-0.15, -0.1) is 0 Å². The molecule has 0 spiro atoms. The van der Waals surface area contributed by atoms with Crippen molar-refractivity contribution in [3.8, 4) is 11.5 Å². The summed E-state index contributed by atoms with van der Waals surface area (Å²) in [5, 5.41) is 13.9. The molecule has 4 nitrogen and oxygen atoms in total. The van der Waals surface area contributed by atoms with E-state index in [2.05, 4.69) is 18.3 Å². The SMILES string of the molecule is CCCC(Cc1ccc(OC)c(OC)c1)NC[C@H](O)c1ccccc1. The van der Waals surface area contributed by atoms with Crippen LogP contribution in [-0.4, -0.2) is 31.9 Å². The van der Waals surface area contributed by atoms with Gasteiger partial charge in [-0.25, -0.2) is 0 Å². The van der Waals surface area contributed by atoms with Crippen LogP contribution in [0.2, 0.25) is 0 Å². The van der Waals surface area contributed by atoms with Crippen LogP contribution in [0.3, 0.4) is 0 Å². The number of aliphatic hydroxyl groups is 1. The van der Waals surface area contributed by atoms with Crippen LogP contribution in [0.1, 0.15) is 37.0 Å². The maximum atomic E-state index is 10.4. The van der Waals surface area contributed by atoms with Gasteiger partial charge < -0.3 is 19.9 Å². The van der Waals surface area contributed by atoms with Crippen LogP contribution in [0.25, 0.3) is 0 Å². The van der Waals surface area contributed by atoms with Gasteiger partial charge in [-0.3, -0.25) is 0 Å². The highest BCUT2D eigenvalue weighted by molar-refractivity contribution is 5.43. The van der Waals surface area contributed by atoms with Crippen molar-refractivity contribution < 1.29 is 14.6 Å². The lowest BCUT2D eigenvalue weighted by molar-refractivity contribution is 0.168. The molecule has 0 aliphatic carbocycles. The van der Waals surface area contributed by atoms with Crippen molar-refractivity contribution in [2.24, 2.45) is 0 Å². The molecule has 2 rings (SSSR count). The summed E-state index contributed by atoms with van der Waals surface area (Å²) in [6, 6.07) is 16.1. The Bertz CT molecular complexity index is 630. The minimum atomic E-state index is -0.494. The number of benzene rings is 2. The number of hydrogen-bond donors (Lipinski definition) is 2. The van der Waals surface area contributed by atoms with E-state index in [0.29, 0.717) is 12.6 Å². The highest BCUT2D eigenvalue weighted by Crippen LogP contribution is 2.28. The Labute approximate surface area is 150 Å². The molecule has 2 atom stereocenters. The van der Waals surface area contributed by atoms with Gasteiger partial charge in [-0.2, -0.15) is 0 Å². The van der Waals surface area contributed by atoms with E-state index in [1.165, 1.54) is 5.56 Å². The van der Waals surface area contributed by atoms with Crippen molar-refractivity contribution in [3.63, 3.8) is 0 Å². The third-order valence-electron chi connectivity index (χ3n) is 4.35. The number of nitrogens with one attached hydrogen (secondary N) is 1. The van der Waals surface area contributed by atoms with Gasteiger partial charge in [0.2, 0.25) is 0 Å². The molecule has 0 fully saturated rings. The van der Waals surface area contributed by atoms with Gasteiger partial charge >= 0.3 is 0 Å². The molecule has 1 unspecified atom stereocenters. The molecule has 0 aliphatic heterocycles. The van der Waals surface area contributed by atoms with E-state index in [0.717, 1.165) is 36.3 Å². The van der Waals surface area contributed by atoms with E-state index in [9.17, 15) is 5.11 Å². The molecule has 0 saturated carbocycles. The van der Waals surface area contributed by atoms with Gasteiger partial charge in [0.15, 0.2) is 11.5 Å². The number of methoxy groups -OCH3 is 2. The number of rotatable bonds is 10. The Morgan fingerprint density at radius 3 is 2.36 bits per heavy atom. The summed E-state index contributed by atoms with van der Waals surface area (Å²) in [6.07, 6.45) is 2.53. The summed E-state index contributed by atoms with van der Waals surface area (Å²) in [5.74, 6) is 1.49. The Morgan fingerprint density at radius 1 is 1.00 bits per heavy atom. The van der Waals surface area contributed by atoms with E-state index in [-0.39, 0.29) is 0 Å². The van der Waals surface area contributed by atoms with Crippen molar-refractivity contribution in [1.29, 1.82) is 0 Å². The van der Waals surface area contributed by atoms with E-state index in [1.807, 2.05) is 42.5 Å². The van der Waals surface area contributed by atoms with Crippen molar-refractivity contribution in [2.75, 3.05) is 20.8 Å². The highest BCUT2D eigenvalue weighted by atomic mass is 16.5. The standard InChI is InChI=1S/C21H29NO3/c1-4-8-18(22-15-19(23)17-9-6-5-7-10-17)13-16-11-12-20(24-2)21(14-16)25-3/h5-7,9-12,14,18-19,22-23H,4,8,13,15H2,1-3H3/t18?,19-/m0/s1. The van der Waals surface area contributed by atoms with E-state index < -0.39 is 6.10 Å². The predicted octanol–water partition coefficient (Wildman–Crippen LogP) is 3.74. The van der Waals surface area contributed by atoms with Crippen molar-refractivity contribution >= 4 is 0 Å². The molecule has 0 aromatic heterocycles. The zero-order valence-electron chi connectivity index (χ0n) is 15.4. The zero-order chi connectivity index (χ0) is 18.1. The summed E-state index contributed by atoms with van der Waals surface area (Å²) in [5.41, 5.74) is 2.13. The van der Waals surface area contributed by atoms with Crippen LogP contribution in [0.15, 0.2) is 48.5 Å². The average molecular weight is 343 g/mol. The minimum absolute atomic E-state index is 0.307. The van der Waals surface area contributed by atoms with Gasteiger partial charge in [0.05, 0.1) is 20.3 Å². The second kappa shape index (κ2) is 10.1. The van der Waals surface area contributed by atoms with Crippen LogP contribution >= 0.6 is 0 Å². The van der Waals surface area contributed by atoms with Gasteiger partial charge in [-0.1, -0.05) is 49.7 Å². The number of hydrogen-bond acceptors (Lipinski definition) is 4. The molecule has 4 heteroatoms. The molecule has 0 heterocycles. The predicted molar refractivity (Wildman–Crippen MR) is 101 cm³/mol. The molecule has 0 amide bonds. The summed E-state index contributed by atoms with van der Waals surface area (Å²) in [6.45, 7) is 2.72. The normalized spacial score (nSPS) is 13.3. The van der Waals surface area contributed by atoms with E-state index in [1.54, 1.807) is 14.2 Å². The van der Waals surface area contributed by atoms with Gasteiger partial charge in [0.1, 0.15) is 0 Å². The van der Waals surface area contributed by atoms with Crippen LogP contribution in [0, 0.1) is 0 Å². The molecule has 0 saturated heterocycles. The lowest BCUT2D eigenvalue weighted by Gasteiger charge is -2.21. The van der Waals surface area contributed by atoms with Crippen molar-refractivity contribution in [2.45, 2.75) is 38.3 Å². The van der Waals surface area contributed by atoms with Crippen LogP contribution in [-0.2, 0) is 6.42 Å². The molecule has 2 aromatic carbocycles. The quantitative estimate of drug-likeness (QED) is 0.690. The third-order valence-corrected chi connectivity index (χ3v) is 4.35. The van der Waals surface area contributed by atoms with E-state index >= 15 is 0 Å². The molecule has 0 radical (unpaired) electrons. The Kier molecular flexibility index (Phi) is 7.76. The molecule has 2 aromatic rings. The fraction of sp³-hybridized carbons (Fsp3) is 0.429. The maximum absolute atomic E-state index is 10.4. The Morgan fingerprint density at radius 2 is 1.72 bits per heavy atom. The maximum Gasteiger partial charge on any atom is 0.160 e. The second-order valence-electron chi connectivity index (χ2n) is 6.21. The molecular weight excluding hydrogens is 314 g/mol. The van der Waals surface area contributed by atoms with Crippen molar-refractivity contribution in [3.05, 3.63) is 59.7 Å². The first-order valence-electron chi connectivity index (χ1n) is 8.85. The lowest BCUT2D eigenvalue weighted by atomic mass is 10.0. The minimum Gasteiger partial charge on any atom is -0.493 e. The Hall–Kier alpha value is -2.04. The first-order chi connectivity index (χ1) is 12.2. The molecule has 0 bridgehead atoms. The van der Waals surface area contributed by atoms with Crippen LogP contribution < -0.4 is 14.8 Å². The topological polar surface area (TPSA) is 50.7 Å². The summed E-state index contributed by atoms with van der Waals surface area (Å²) < 4.78 is 10.7. The van der Waals surface area contributed by atoms with Gasteiger partial charge in [0, 0.05) is 12.6 Å². The molecule has 0 aliphatic rings. The molecule has 2 N–H and O–H groups in total. The third kappa shape index (κ3) is 5.76. The smallest absolute Gasteiger partial charge is 0.160 e. The summed E-state index contributed by atoms with van der Waals surface area (Å²) in [4.78, 5) is 0. The highest BCUT2D eigenvalue weighted by Gasteiger charge is 2.14. The fourth-order valence-corrected chi connectivity index (χ4v) is 2.99.